The third kappa shape index (κ3) is 4.60. The maximum atomic E-state index is 9.81. The van der Waals surface area contributed by atoms with Gasteiger partial charge in [0.15, 0.2) is 0 Å². The zero-order valence-electron chi connectivity index (χ0n) is 19.0. The molecule has 2 aromatic carbocycles. The van der Waals surface area contributed by atoms with Crippen LogP contribution >= 0.6 is 20.7 Å². The Labute approximate surface area is 205 Å². The summed E-state index contributed by atoms with van der Waals surface area (Å²) in [5.41, 5.74) is 16.2. The van der Waals surface area contributed by atoms with Gasteiger partial charge in [0.1, 0.15) is 0 Å². The fraction of sp³-hybridized carbons (Fsp3) is 0.259. The van der Waals surface area contributed by atoms with Gasteiger partial charge in [-0.3, -0.25) is 9.88 Å². The zero-order chi connectivity index (χ0) is 22.9. The number of nitrogen functional groups attached to an aromatic ring is 1. The molecule has 0 radical (unpaired) electrons. The molecule has 3 aromatic rings. The molecule has 0 saturated carbocycles. The Morgan fingerprint density at radius 3 is 2.73 bits per heavy atom. The number of nitrogens with one attached hydrogen (secondary N) is 1. The lowest BCUT2D eigenvalue weighted by Crippen LogP contribution is -2.22. The highest BCUT2D eigenvalue weighted by Gasteiger charge is 2.21. The van der Waals surface area contributed by atoms with E-state index < -0.39 is 0 Å². The molecular weight excluding hydrogens is 523 g/mol. The van der Waals surface area contributed by atoms with E-state index in [4.69, 9.17) is 10.7 Å². The van der Waals surface area contributed by atoms with E-state index in [2.05, 4.69) is 64.6 Å². The first-order chi connectivity index (χ1) is 16.0. The van der Waals surface area contributed by atoms with Crippen molar-refractivity contribution in [2.45, 2.75) is 32.9 Å². The van der Waals surface area contributed by atoms with Crippen molar-refractivity contribution in [3.63, 3.8) is 0 Å². The molecule has 4 N–H and O–H groups in total. The number of aliphatic hydroxyl groups is 1. The van der Waals surface area contributed by atoms with Gasteiger partial charge in [-0.15, -0.1) is 0 Å². The summed E-state index contributed by atoms with van der Waals surface area (Å²) in [6.45, 7) is 6.78. The van der Waals surface area contributed by atoms with Crippen LogP contribution in [0.15, 0.2) is 52.7 Å². The molecule has 1 saturated heterocycles. The molecule has 2 aliphatic rings. The summed E-state index contributed by atoms with van der Waals surface area (Å²) in [6.07, 6.45) is 4.87. The first-order valence-corrected chi connectivity index (χ1v) is 13.6. The van der Waals surface area contributed by atoms with Crippen LogP contribution < -0.4 is 11.1 Å². The predicted molar refractivity (Wildman–Crippen MR) is 147 cm³/mol. The lowest BCUT2D eigenvalue weighted by molar-refractivity contribution is 0.174. The van der Waals surface area contributed by atoms with Crippen molar-refractivity contribution >= 4 is 41.8 Å². The quantitative estimate of drug-likeness (QED) is 0.305. The van der Waals surface area contributed by atoms with E-state index >= 15 is 0 Å². The number of nitrogens with two attached hydrogens (primary N) is 1. The molecule has 0 bridgehead atoms. The second-order valence-corrected chi connectivity index (χ2v) is 11.2. The second-order valence-electron chi connectivity index (χ2n) is 8.80. The lowest BCUT2D eigenvalue weighted by atomic mass is 9.95. The van der Waals surface area contributed by atoms with Gasteiger partial charge in [0.05, 0.1) is 15.4 Å². The van der Waals surface area contributed by atoms with E-state index in [9.17, 15) is 5.11 Å². The van der Waals surface area contributed by atoms with Crippen molar-refractivity contribution in [2.24, 2.45) is 0 Å². The number of pyridine rings is 1. The summed E-state index contributed by atoms with van der Waals surface area (Å²) in [5, 5.41) is 13.5. The molecule has 1 atom stereocenters. The first kappa shape index (κ1) is 22.3. The topological polar surface area (TPSA) is 74.4 Å². The molecule has 0 amide bonds. The predicted octanol–water partition coefficient (Wildman–Crippen LogP) is 5.06. The highest BCUT2D eigenvalue weighted by atomic mass is 127. The van der Waals surface area contributed by atoms with E-state index in [1.54, 1.807) is 0 Å². The average molecular weight is 552 g/mol. The third-order valence-electron chi connectivity index (χ3n) is 6.49. The van der Waals surface area contributed by atoms with Gasteiger partial charge < -0.3 is 16.2 Å². The van der Waals surface area contributed by atoms with Crippen LogP contribution in [0.2, 0.25) is 0 Å². The van der Waals surface area contributed by atoms with Crippen LogP contribution in [0, 0.1) is 13.8 Å². The number of nitrogens with zero attached hydrogens (tertiary/aromatic N) is 2. The van der Waals surface area contributed by atoms with Gasteiger partial charge in [0.2, 0.25) is 0 Å². The molecule has 1 fully saturated rings. The Kier molecular flexibility index (Phi) is 6.32. The number of hydrogen-bond acceptors (Lipinski definition) is 5. The molecule has 2 aliphatic heterocycles. The minimum atomic E-state index is -0.286. The van der Waals surface area contributed by atoms with Crippen LogP contribution in [-0.2, 0) is 6.54 Å². The van der Waals surface area contributed by atoms with E-state index in [-0.39, 0.29) is 26.8 Å². The Morgan fingerprint density at radius 1 is 1.15 bits per heavy atom. The fourth-order valence-electron chi connectivity index (χ4n) is 4.57. The number of aliphatic hydroxyl groups excluding tert-OH is 1. The number of rotatable bonds is 5. The van der Waals surface area contributed by atoms with Gasteiger partial charge in [-0.05, 0) is 76.4 Å². The Balaban J connectivity index is 1.40. The van der Waals surface area contributed by atoms with Crippen LogP contribution in [0.4, 0.5) is 11.4 Å². The van der Waals surface area contributed by atoms with Crippen LogP contribution in [-0.4, -0.2) is 37.8 Å². The lowest BCUT2D eigenvalue weighted by Gasteiger charge is -2.20. The van der Waals surface area contributed by atoms with Gasteiger partial charge in [0.25, 0.3) is 0 Å². The first-order valence-electron chi connectivity index (χ1n) is 11.3. The van der Waals surface area contributed by atoms with Crippen molar-refractivity contribution in [2.75, 3.05) is 24.1 Å². The molecular formula is C27H29IN4O. The number of hydrogen-bond donors (Lipinski definition) is 3. The molecule has 0 unspecified atom stereocenters. The molecule has 0 aliphatic carbocycles. The Hall–Kier alpha value is -2.55. The van der Waals surface area contributed by atoms with Crippen molar-refractivity contribution in [1.82, 2.24) is 9.88 Å². The fourth-order valence-corrected chi connectivity index (χ4v) is 6.68. The number of benzene rings is 2. The van der Waals surface area contributed by atoms with Gasteiger partial charge in [-0.25, -0.2) is 0 Å². The molecule has 33 heavy (non-hydrogen) atoms. The maximum absolute atomic E-state index is 9.81. The van der Waals surface area contributed by atoms with Crippen molar-refractivity contribution in [3.8, 4) is 11.1 Å². The van der Waals surface area contributed by atoms with Gasteiger partial charge >= 0.3 is 0 Å². The molecule has 5 nitrogen and oxygen atoms in total. The van der Waals surface area contributed by atoms with Crippen LogP contribution in [0.3, 0.4) is 0 Å². The molecule has 0 spiro atoms. The highest BCUT2D eigenvalue weighted by molar-refractivity contribution is 14.2. The van der Waals surface area contributed by atoms with Gasteiger partial charge in [-0.1, -0.05) is 45.0 Å². The summed E-state index contributed by atoms with van der Waals surface area (Å²) < 4.78 is 3.52. The average Bonchev–Trinajstić information content (AvgIpc) is 3.22. The summed E-state index contributed by atoms with van der Waals surface area (Å²) in [4.78, 5) is 7.16. The van der Waals surface area contributed by atoms with Crippen LogP contribution in [0.25, 0.3) is 17.2 Å². The Morgan fingerprint density at radius 2 is 1.94 bits per heavy atom. The normalized spacial score (nSPS) is 17.9. The van der Waals surface area contributed by atoms with Crippen molar-refractivity contribution in [3.05, 3.63) is 80.7 Å². The van der Waals surface area contributed by atoms with Crippen LogP contribution in [0.5, 0.6) is 0 Å². The number of aromatic nitrogens is 1. The minimum absolute atomic E-state index is 0.195. The van der Waals surface area contributed by atoms with E-state index in [1.165, 1.54) is 31.4 Å². The highest BCUT2D eigenvalue weighted by Crippen LogP contribution is 2.34. The second kappa shape index (κ2) is 9.37. The van der Waals surface area contributed by atoms with E-state index in [0.717, 1.165) is 48.7 Å². The summed E-state index contributed by atoms with van der Waals surface area (Å²) in [6, 6.07) is 14.8. The number of halogens is 1. The SMILES string of the molecule is Cc1c(N)cccc1-c1cccc(NC2=IC=Cc3cc(CN4CC[C@@H](O)C4)cnc32)c1C. The van der Waals surface area contributed by atoms with Gasteiger partial charge in [0, 0.05) is 42.8 Å². The standard InChI is InChI=1S/C27H29IN4O/c1-17-22(5-3-7-24(17)29)23-6-4-8-25(18(23)2)31-27-26-20(9-11-28-27)13-19(14-30-26)15-32-12-10-21(33)16-32/h3-9,11,13-14,21,31,33H,10,12,15-16,29H2,1-2H3/t21-/m1/s1. The number of fused-ring (bicyclic) bond motifs is 1. The third-order valence-corrected chi connectivity index (χ3v) is 8.62. The number of likely N-dealkylation sites (tertiary alicyclic amines) is 1. The molecule has 6 heteroatoms. The zero-order valence-corrected chi connectivity index (χ0v) is 21.1. The monoisotopic (exact) mass is 552 g/mol. The van der Waals surface area contributed by atoms with E-state index in [0.29, 0.717) is 0 Å². The summed E-state index contributed by atoms with van der Waals surface area (Å²) in [5.74, 6) is 0. The van der Waals surface area contributed by atoms with Crippen molar-refractivity contribution in [1.29, 1.82) is 0 Å². The summed E-state index contributed by atoms with van der Waals surface area (Å²) >= 11 is -0.286. The van der Waals surface area contributed by atoms with Crippen LogP contribution in [0.1, 0.15) is 34.4 Å². The number of anilines is 2. The molecule has 3 heterocycles. The molecule has 5 rings (SSSR count). The maximum Gasteiger partial charge on any atom is 0.0995 e. The number of β-amino-alcohol motifs (C(OH)–C–C–N with tert-alkyl or cyclic N) is 1. The van der Waals surface area contributed by atoms with E-state index in [1.807, 2.05) is 18.3 Å². The molecule has 1 aromatic heterocycles. The largest absolute Gasteiger partial charge is 0.398 e. The Bertz CT molecular complexity index is 1270. The smallest absolute Gasteiger partial charge is 0.0995 e. The van der Waals surface area contributed by atoms with Gasteiger partial charge in [-0.2, -0.15) is 0 Å². The molecule has 170 valence electrons. The minimum Gasteiger partial charge on any atom is -0.398 e. The van der Waals surface area contributed by atoms with Crippen molar-refractivity contribution < 1.29 is 5.11 Å². The summed E-state index contributed by atoms with van der Waals surface area (Å²) in [7, 11) is 0.